The monoisotopic (exact) mass is 282 g/mol. The van der Waals surface area contributed by atoms with Gasteiger partial charge in [0.1, 0.15) is 12.4 Å². The number of rotatable bonds is 5. The number of nitrogens with two attached hydrogens (primary N) is 1. The molecule has 0 aliphatic carbocycles. The van der Waals surface area contributed by atoms with Crippen molar-refractivity contribution in [3.8, 4) is 11.8 Å². The van der Waals surface area contributed by atoms with Crippen LogP contribution >= 0.6 is 0 Å². The average molecular weight is 282 g/mol. The van der Waals surface area contributed by atoms with Gasteiger partial charge in [-0.05, 0) is 29.8 Å². The number of hydrogen-bond donors (Lipinski definition) is 1. The topological polar surface area (TPSA) is 85.3 Å². The van der Waals surface area contributed by atoms with E-state index in [1.807, 2.05) is 6.07 Å². The van der Waals surface area contributed by atoms with Crippen molar-refractivity contribution in [3.63, 3.8) is 0 Å². The summed E-state index contributed by atoms with van der Waals surface area (Å²) >= 11 is 0. The van der Waals surface area contributed by atoms with Gasteiger partial charge in [0, 0.05) is 0 Å². The fraction of sp³-hybridized carbons (Fsp3) is 0.125. The summed E-state index contributed by atoms with van der Waals surface area (Å²) < 4.78 is 10.4. The van der Waals surface area contributed by atoms with Crippen LogP contribution in [0.15, 0.2) is 48.5 Å². The maximum atomic E-state index is 11.6. The van der Waals surface area contributed by atoms with Crippen molar-refractivity contribution in [1.82, 2.24) is 0 Å². The predicted molar refractivity (Wildman–Crippen MR) is 77.3 cm³/mol. The van der Waals surface area contributed by atoms with Gasteiger partial charge < -0.3 is 15.2 Å². The molecule has 0 aromatic heterocycles. The minimum atomic E-state index is -0.499. The van der Waals surface area contributed by atoms with E-state index in [1.165, 1.54) is 0 Å². The Morgan fingerprint density at radius 2 is 2.00 bits per heavy atom. The Labute approximate surface area is 122 Å². The van der Waals surface area contributed by atoms with E-state index in [4.69, 9.17) is 20.5 Å². The summed E-state index contributed by atoms with van der Waals surface area (Å²) in [4.78, 5) is 11.6. The highest BCUT2D eigenvalue weighted by molar-refractivity contribution is 5.71. The second-order valence-corrected chi connectivity index (χ2v) is 4.30. The SMILES string of the molecule is N#Cc1cccc(COC(=O)COc2ccccc2N)c1. The zero-order chi connectivity index (χ0) is 15.1. The average Bonchev–Trinajstić information content (AvgIpc) is 2.52. The van der Waals surface area contributed by atoms with Crippen molar-refractivity contribution < 1.29 is 14.3 Å². The minimum absolute atomic E-state index is 0.0992. The van der Waals surface area contributed by atoms with E-state index in [9.17, 15) is 4.79 Å². The molecule has 0 fully saturated rings. The molecule has 106 valence electrons. The van der Waals surface area contributed by atoms with Gasteiger partial charge in [-0.3, -0.25) is 0 Å². The Balaban J connectivity index is 1.82. The third kappa shape index (κ3) is 4.25. The Morgan fingerprint density at radius 3 is 2.76 bits per heavy atom. The number of esters is 1. The van der Waals surface area contributed by atoms with Crippen molar-refractivity contribution in [2.75, 3.05) is 12.3 Å². The third-order valence-electron chi connectivity index (χ3n) is 2.72. The molecular weight excluding hydrogens is 268 g/mol. The molecule has 0 saturated heterocycles. The fourth-order valence-electron chi connectivity index (χ4n) is 1.68. The highest BCUT2D eigenvalue weighted by Gasteiger charge is 2.06. The van der Waals surface area contributed by atoms with Crippen LogP contribution in [0.2, 0.25) is 0 Å². The highest BCUT2D eigenvalue weighted by atomic mass is 16.6. The number of carbonyl (C=O) groups excluding carboxylic acids is 1. The second kappa shape index (κ2) is 6.96. The van der Waals surface area contributed by atoms with Crippen molar-refractivity contribution >= 4 is 11.7 Å². The number of nitrogen functional groups attached to an aromatic ring is 1. The molecule has 0 atom stereocenters. The summed E-state index contributed by atoms with van der Waals surface area (Å²) in [7, 11) is 0. The first-order chi connectivity index (χ1) is 10.2. The lowest BCUT2D eigenvalue weighted by molar-refractivity contribution is -0.147. The van der Waals surface area contributed by atoms with Gasteiger partial charge in [-0.15, -0.1) is 0 Å². The van der Waals surface area contributed by atoms with E-state index in [0.717, 1.165) is 5.56 Å². The van der Waals surface area contributed by atoms with Gasteiger partial charge >= 0.3 is 5.97 Å². The molecule has 0 spiro atoms. The smallest absolute Gasteiger partial charge is 0.344 e. The van der Waals surface area contributed by atoms with Crippen LogP contribution in [0.1, 0.15) is 11.1 Å². The highest BCUT2D eigenvalue weighted by Crippen LogP contribution is 2.19. The van der Waals surface area contributed by atoms with E-state index in [0.29, 0.717) is 17.0 Å². The van der Waals surface area contributed by atoms with Crippen LogP contribution in [0.25, 0.3) is 0 Å². The van der Waals surface area contributed by atoms with Crippen molar-refractivity contribution in [2.45, 2.75) is 6.61 Å². The van der Waals surface area contributed by atoms with Crippen LogP contribution in [0.5, 0.6) is 5.75 Å². The van der Waals surface area contributed by atoms with Gasteiger partial charge in [-0.1, -0.05) is 24.3 Å². The summed E-state index contributed by atoms with van der Waals surface area (Å²) in [5, 5.41) is 8.79. The molecule has 0 radical (unpaired) electrons. The first-order valence-corrected chi connectivity index (χ1v) is 6.31. The quantitative estimate of drug-likeness (QED) is 0.671. The largest absolute Gasteiger partial charge is 0.480 e. The standard InChI is InChI=1S/C16H14N2O3/c17-9-12-4-3-5-13(8-12)10-21-16(19)11-20-15-7-2-1-6-14(15)18/h1-8H,10-11,18H2. The van der Waals surface area contributed by atoms with Gasteiger partial charge in [0.05, 0.1) is 17.3 Å². The molecule has 0 amide bonds. The zero-order valence-electron chi connectivity index (χ0n) is 11.3. The number of benzene rings is 2. The summed E-state index contributed by atoms with van der Waals surface area (Å²) in [6.07, 6.45) is 0. The molecule has 2 N–H and O–H groups in total. The van der Waals surface area contributed by atoms with E-state index in [1.54, 1.807) is 48.5 Å². The molecule has 5 nitrogen and oxygen atoms in total. The van der Waals surface area contributed by atoms with Gasteiger partial charge in [-0.2, -0.15) is 5.26 Å². The normalized spacial score (nSPS) is 9.67. The summed E-state index contributed by atoms with van der Waals surface area (Å²) in [6.45, 7) is -0.117. The molecule has 0 aliphatic heterocycles. The molecule has 0 aliphatic rings. The van der Waals surface area contributed by atoms with Crippen LogP contribution < -0.4 is 10.5 Å². The van der Waals surface area contributed by atoms with Gasteiger partial charge in [0.2, 0.25) is 0 Å². The lowest BCUT2D eigenvalue weighted by Gasteiger charge is -2.08. The van der Waals surface area contributed by atoms with Crippen LogP contribution in [0, 0.1) is 11.3 Å². The van der Waals surface area contributed by atoms with Gasteiger partial charge in [0.25, 0.3) is 0 Å². The Bertz CT molecular complexity index is 677. The lowest BCUT2D eigenvalue weighted by Crippen LogP contribution is -2.15. The molecule has 0 bridgehead atoms. The molecule has 2 aromatic rings. The second-order valence-electron chi connectivity index (χ2n) is 4.30. The Hall–Kier alpha value is -3.00. The molecule has 5 heteroatoms. The molecule has 21 heavy (non-hydrogen) atoms. The van der Waals surface area contributed by atoms with E-state index in [2.05, 4.69) is 0 Å². The van der Waals surface area contributed by atoms with Crippen molar-refractivity contribution in [3.05, 3.63) is 59.7 Å². The number of nitriles is 1. The van der Waals surface area contributed by atoms with E-state index < -0.39 is 5.97 Å². The van der Waals surface area contributed by atoms with Crippen molar-refractivity contribution in [2.24, 2.45) is 0 Å². The summed E-state index contributed by atoms with van der Waals surface area (Å²) in [5.74, 6) is -0.0541. The number of hydrogen-bond acceptors (Lipinski definition) is 5. The van der Waals surface area contributed by atoms with Crippen LogP contribution in [-0.4, -0.2) is 12.6 Å². The van der Waals surface area contributed by atoms with Crippen LogP contribution in [0.3, 0.4) is 0 Å². The summed E-state index contributed by atoms with van der Waals surface area (Å²) in [5.41, 5.74) is 7.44. The first kappa shape index (κ1) is 14.4. The number of ether oxygens (including phenoxy) is 2. The molecule has 2 aromatic carbocycles. The fourth-order valence-corrected chi connectivity index (χ4v) is 1.68. The number of carbonyl (C=O) groups is 1. The van der Waals surface area contributed by atoms with Gasteiger partial charge in [0.15, 0.2) is 6.61 Å². The molecule has 0 heterocycles. The third-order valence-corrected chi connectivity index (χ3v) is 2.72. The number of nitrogens with zero attached hydrogens (tertiary/aromatic N) is 1. The number of anilines is 1. The molecular formula is C16H14N2O3. The maximum absolute atomic E-state index is 11.6. The Morgan fingerprint density at radius 1 is 1.19 bits per heavy atom. The number of para-hydroxylation sites is 2. The zero-order valence-corrected chi connectivity index (χ0v) is 11.3. The van der Waals surface area contributed by atoms with Crippen LogP contribution in [-0.2, 0) is 16.1 Å². The van der Waals surface area contributed by atoms with Gasteiger partial charge in [-0.25, -0.2) is 4.79 Å². The lowest BCUT2D eigenvalue weighted by atomic mass is 10.1. The van der Waals surface area contributed by atoms with E-state index >= 15 is 0 Å². The molecule has 0 saturated carbocycles. The molecule has 0 unspecified atom stereocenters. The van der Waals surface area contributed by atoms with E-state index in [-0.39, 0.29) is 13.2 Å². The Kier molecular flexibility index (Phi) is 4.78. The predicted octanol–water partition coefficient (Wildman–Crippen LogP) is 2.26. The summed E-state index contributed by atoms with van der Waals surface area (Å²) in [6, 6.07) is 15.8. The maximum Gasteiger partial charge on any atom is 0.344 e. The van der Waals surface area contributed by atoms with Crippen LogP contribution in [0.4, 0.5) is 5.69 Å². The molecule has 2 rings (SSSR count). The first-order valence-electron chi connectivity index (χ1n) is 6.31. The van der Waals surface area contributed by atoms with Crippen molar-refractivity contribution in [1.29, 1.82) is 5.26 Å². The minimum Gasteiger partial charge on any atom is -0.480 e.